The van der Waals surface area contributed by atoms with Crippen LogP contribution in [0.1, 0.15) is 37.1 Å². The van der Waals surface area contributed by atoms with Crippen molar-refractivity contribution in [3.8, 4) is 11.3 Å². The topological polar surface area (TPSA) is 54.9 Å². The first-order chi connectivity index (χ1) is 11.6. The number of aromatic nitrogens is 2. The zero-order chi connectivity index (χ0) is 16.7. The molecule has 5 heteroatoms. The molecule has 0 saturated heterocycles. The van der Waals surface area contributed by atoms with Crippen LogP contribution in [-0.2, 0) is 0 Å². The van der Waals surface area contributed by atoms with Gasteiger partial charge in [-0.25, -0.2) is 4.98 Å². The fraction of sp³-hybridized carbons (Fsp3) is 0.316. The number of carbonyl (C=O) groups excluding carboxylic acids is 1. The van der Waals surface area contributed by atoms with Gasteiger partial charge in [0.2, 0.25) is 0 Å². The third-order valence-electron chi connectivity index (χ3n) is 4.60. The van der Waals surface area contributed by atoms with Crippen LogP contribution < -0.4 is 5.32 Å². The smallest absolute Gasteiger partial charge is 0.254 e. The highest BCUT2D eigenvalue weighted by atomic mass is 32.1. The van der Waals surface area contributed by atoms with Crippen LogP contribution in [-0.4, -0.2) is 21.9 Å². The minimum atomic E-state index is -0.0177. The second-order valence-electron chi connectivity index (χ2n) is 6.49. The van der Waals surface area contributed by atoms with Gasteiger partial charge in [-0.05, 0) is 56.4 Å². The molecule has 1 saturated carbocycles. The number of fused-ring (bicyclic) bond motifs is 1. The first-order valence-electron chi connectivity index (χ1n) is 8.23. The molecule has 1 fully saturated rings. The summed E-state index contributed by atoms with van der Waals surface area (Å²) in [7, 11) is 0. The number of aryl methyl sites for hydroxylation is 1. The highest BCUT2D eigenvalue weighted by molar-refractivity contribution is 7.17. The molecular weight excluding hydrogens is 318 g/mol. The number of thiophene rings is 1. The van der Waals surface area contributed by atoms with E-state index >= 15 is 0 Å². The maximum atomic E-state index is 12.7. The fourth-order valence-electron chi connectivity index (χ4n) is 2.99. The van der Waals surface area contributed by atoms with E-state index in [9.17, 15) is 4.79 Å². The molecule has 0 radical (unpaired) electrons. The van der Waals surface area contributed by atoms with E-state index in [1.165, 1.54) is 12.8 Å². The van der Waals surface area contributed by atoms with Crippen LogP contribution in [0.2, 0.25) is 0 Å². The molecule has 4 rings (SSSR count). The summed E-state index contributed by atoms with van der Waals surface area (Å²) < 4.78 is 1.08. The van der Waals surface area contributed by atoms with Crippen molar-refractivity contribution < 1.29 is 6.22 Å². The summed E-state index contributed by atoms with van der Waals surface area (Å²) in [5.41, 5.74) is 4.43. The Morgan fingerprint density at radius 2 is 2.29 bits per heavy atom. The van der Waals surface area contributed by atoms with Crippen molar-refractivity contribution in [3.63, 3.8) is 0 Å². The maximum Gasteiger partial charge on any atom is 0.254 e. The largest absolute Gasteiger partial charge is 0.349 e. The predicted octanol–water partition coefficient (Wildman–Crippen LogP) is 4.44. The van der Waals surface area contributed by atoms with E-state index in [-0.39, 0.29) is 13.4 Å². The van der Waals surface area contributed by atoms with Gasteiger partial charge in [-0.3, -0.25) is 9.78 Å². The van der Waals surface area contributed by atoms with E-state index in [2.05, 4.69) is 30.2 Å². The summed E-state index contributed by atoms with van der Waals surface area (Å²) in [5.74, 6) is 0.621. The average Bonchev–Trinajstić information content (AvgIpc) is 3.35. The Balaban J connectivity index is 0.00000182. The Hall–Kier alpha value is -2.27. The van der Waals surface area contributed by atoms with Gasteiger partial charge in [0.25, 0.3) is 5.91 Å². The van der Waals surface area contributed by atoms with Gasteiger partial charge in [0.05, 0.1) is 21.5 Å². The molecule has 3 aromatic rings. The molecular formula is C19H21N3OS. The SMILES string of the molecule is Cc1cc(-c2cccnc2)nc2c(C(=O)NC(C)C3CC3)csc12.[HH]. The molecule has 3 heterocycles. The molecule has 1 aliphatic rings. The molecule has 1 aliphatic carbocycles. The first-order valence-corrected chi connectivity index (χ1v) is 9.11. The second kappa shape index (κ2) is 5.98. The van der Waals surface area contributed by atoms with E-state index in [0.29, 0.717) is 11.5 Å². The molecule has 0 bridgehead atoms. The molecule has 0 aromatic carbocycles. The van der Waals surface area contributed by atoms with E-state index in [1.54, 1.807) is 23.7 Å². The molecule has 1 unspecified atom stereocenters. The maximum absolute atomic E-state index is 12.7. The number of pyridine rings is 2. The van der Waals surface area contributed by atoms with Crippen LogP contribution in [0.5, 0.6) is 0 Å². The summed E-state index contributed by atoms with van der Waals surface area (Å²) in [6.45, 7) is 4.15. The minimum absolute atomic E-state index is 0. The van der Waals surface area contributed by atoms with Crippen LogP contribution in [0.25, 0.3) is 21.5 Å². The van der Waals surface area contributed by atoms with Crippen molar-refractivity contribution in [1.29, 1.82) is 0 Å². The zero-order valence-corrected chi connectivity index (χ0v) is 14.6. The van der Waals surface area contributed by atoms with Gasteiger partial charge in [0.15, 0.2) is 0 Å². The number of amides is 1. The fourth-order valence-corrected chi connectivity index (χ4v) is 3.95. The lowest BCUT2D eigenvalue weighted by molar-refractivity contribution is 0.0938. The number of rotatable bonds is 4. The number of nitrogens with zero attached hydrogens (tertiary/aromatic N) is 2. The van der Waals surface area contributed by atoms with Crippen molar-refractivity contribution in [2.45, 2.75) is 32.7 Å². The number of nitrogens with one attached hydrogen (secondary N) is 1. The molecule has 1 amide bonds. The van der Waals surface area contributed by atoms with Crippen molar-refractivity contribution in [1.82, 2.24) is 15.3 Å². The Kier molecular flexibility index (Phi) is 3.81. The van der Waals surface area contributed by atoms with Crippen molar-refractivity contribution in [2.24, 2.45) is 5.92 Å². The molecule has 0 aliphatic heterocycles. The Bertz CT molecular complexity index is 906. The van der Waals surface area contributed by atoms with Crippen molar-refractivity contribution in [3.05, 3.63) is 47.1 Å². The average molecular weight is 339 g/mol. The van der Waals surface area contributed by atoms with Crippen LogP contribution in [0, 0.1) is 12.8 Å². The van der Waals surface area contributed by atoms with Crippen molar-refractivity contribution in [2.75, 3.05) is 0 Å². The summed E-state index contributed by atoms with van der Waals surface area (Å²) in [5, 5.41) is 5.05. The van der Waals surface area contributed by atoms with Crippen molar-refractivity contribution >= 4 is 27.5 Å². The van der Waals surface area contributed by atoms with Gasteiger partial charge in [0.1, 0.15) is 0 Å². The lowest BCUT2D eigenvalue weighted by atomic mass is 10.1. The molecule has 0 spiro atoms. The second-order valence-corrected chi connectivity index (χ2v) is 7.37. The van der Waals surface area contributed by atoms with E-state index in [1.807, 2.05) is 17.5 Å². The minimum Gasteiger partial charge on any atom is -0.349 e. The molecule has 1 atom stereocenters. The zero-order valence-electron chi connectivity index (χ0n) is 13.7. The van der Waals surface area contributed by atoms with Crippen LogP contribution in [0.15, 0.2) is 36.0 Å². The first kappa shape index (κ1) is 15.3. The predicted molar refractivity (Wildman–Crippen MR) is 99.4 cm³/mol. The van der Waals surface area contributed by atoms with Crippen LogP contribution in [0.3, 0.4) is 0 Å². The Morgan fingerprint density at radius 1 is 1.46 bits per heavy atom. The third kappa shape index (κ3) is 2.80. The van der Waals surface area contributed by atoms with Gasteiger partial charge >= 0.3 is 0 Å². The summed E-state index contributed by atoms with van der Waals surface area (Å²) >= 11 is 1.58. The standard InChI is InChI=1S/C19H19N3OS.H2/c1-11-8-16(14-4-3-7-20-9-14)22-17-15(10-24-18(11)17)19(23)21-12(2)13-5-6-13;/h3-4,7-10,12-13H,5-6H2,1-2H3,(H,21,23);1H. The van der Waals surface area contributed by atoms with Gasteiger partial charge in [-0.2, -0.15) is 0 Å². The number of carbonyl (C=O) groups is 1. The van der Waals surface area contributed by atoms with Crippen LogP contribution >= 0.6 is 11.3 Å². The quantitative estimate of drug-likeness (QED) is 0.764. The molecule has 124 valence electrons. The molecule has 3 aromatic heterocycles. The third-order valence-corrected chi connectivity index (χ3v) is 5.70. The van der Waals surface area contributed by atoms with E-state index in [0.717, 1.165) is 27.0 Å². The van der Waals surface area contributed by atoms with Crippen LogP contribution in [0.4, 0.5) is 0 Å². The molecule has 4 nitrogen and oxygen atoms in total. The highest BCUT2D eigenvalue weighted by Gasteiger charge is 2.29. The number of hydrogen-bond acceptors (Lipinski definition) is 4. The molecule has 1 N–H and O–H groups in total. The summed E-state index contributed by atoms with van der Waals surface area (Å²) in [4.78, 5) is 21.6. The Morgan fingerprint density at radius 3 is 3.00 bits per heavy atom. The van der Waals surface area contributed by atoms with Gasteiger partial charge < -0.3 is 5.32 Å². The summed E-state index contributed by atoms with van der Waals surface area (Å²) in [6, 6.07) is 6.18. The van der Waals surface area contributed by atoms with E-state index in [4.69, 9.17) is 4.98 Å². The highest BCUT2D eigenvalue weighted by Crippen LogP contribution is 2.34. The number of hydrogen-bond donors (Lipinski definition) is 1. The Labute approximate surface area is 146 Å². The van der Waals surface area contributed by atoms with Gasteiger partial charge in [-0.1, -0.05) is 0 Å². The summed E-state index contributed by atoms with van der Waals surface area (Å²) in [6.07, 6.45) is 5.98. The van der Waals surface area contributed by atoms with Gasteiger partial charge in [-0.15, -0.1) is 11.3 Å². The normalized spacial score (nSPS) is 15.4. The lowest BCUT2D eigenvalue weighted by Gasteiger charge is -2.12. The molecule has 24 heavy (non-hydrogen) atoms. The lowest BCUT2D eigenvalue weighted by Crippen LogP contribution is -2.33. The monoisotopic (exact) mass is 339 g/mol. The van der Waals surface area contributed by atoms with E-state index < -0.39 is 0 Å². The van der Waals surface area contributed by atoms with Gasteiger partial charge in [0, 0.05) is 30.8 Å².